The largest absolute Gasteiger partial charge is 0.494 e. The highest BCUT2D eigenvalue weighted by Gasteiger charge is 2.14. The average molecular weight is 340 g/mol. The highest BCUT2D eigenvalue weighted by Crippen LogP contribution is 2.20. The number of amides is 1. The van der Waals surface area contributed by atoms with Crippen LogP contribution >= 0.6 is 0 Å². The van der Waals surface area contributed by atoms with Crippen molar-refractivity contribution in [2.24, 2.45) is 5.73 Å². The fourth-order valence-electron chi connectivity index (χ4n) is 2.83. The molecule has 134 valence electrons. The lowest BCUT2D eigenvalue weighted by atomic mass is 10.1. The van der Waals surface area contributed by atoms with Crippen LogP contribution in [0.2, 0.25) is 0 Å². The minimum Gasteiger partial charge on any atom is -0.494 e. The lowest BCUT2D eigenvalue weighted by Crippen LogP contribution is -2.37. The van der Waals surface area contributed by atoms with Gasteiger partial charge >= 0.3 is 0 Å². The van der Waals surface area contributed by atoms with Gasteiger partial charge in [0.1, 0.15) is 5.75 Å². The second-order valence-corrected chi connectivity index (χ2v) is 5.95. The monoisotopic (exact) mass is 340 g/mol. The first-order valence-corrected chi connectivity index (χ1v) is 8.97. The fraction of sp³-hybridized carbons (Fsp3) is 0.381. The number of hydrogen-bond acceptors (Lipinski definition) is 3. The van der Waals surface area contributed by atoms with E-state index < -0.39 is 0 Å². The summed E-state index contributed by atoms with van der Waals surface area (Å²) in [7, 11) is 0. The molecule has 2 N–H and O–H groups in total. The van der Waals surface area contributed by atoms with Crippen molar-refractivity contribution in [1.82, 2.24) is 4.90 Å². The van der Waals surface area contributed by atoms with Crippen LogP contribution in [0, 0.1) is 0 Å². The summed E-state index contributed by atoms with van der Waals surface area (Å²) in [6.07, 6.45) is 2.00. The first-order valence-electron chi connectivity index (χ1n) is 8.97. The number of para-hydroxylation sites is 1. The SMILES string of the molecule is CCOc1ccccc1CCC(=O)N(CCN)CCc1ccccc1. The number of nitrogens with zero attached hydrogens (tertiary/aromatic N) is 1. The number of ether oxygens (including phenoxy) is 1. The molecular formula is C21H28N2O2. The molecule has 0 aliphatic carbocycles. The summed E-state index contributed by atoms with van der Waals surface area (Å²) in [6.45, 7) is 4.37. The number of carbonyl (C=O) groups is 1. The van der Waals surface area contributed by atoms with Gasteiger partial charge in [-0.25, -0.2) is 0 Å². The zero-order chi connectivity index (χ0) is 17.9. The second kappa shape index (κ2) is 10.5. The molecule has 0 heterocycles. The first kappa shape index (κ1) is 19.0. The molecule has 2 aromatic carbocycles. The van der Waals surface area contributed by atoms with Crippen LogP contribution in [-0.4, -0.2) is 37.0 Å². The minimum atomic E-state index is 0.146. The highest BCUT2D eigenvalue weighted by atomic mass is 16.5. The maximum absolute atomic E-state index is 12.6. The van der Waals surface area contributed by atoms with Crippen LogP contribution in [0.5, 0.6) is 5.75 Å². The Morgan fingerprint density at radius 1 is 1.00 bits per heavy atom. The first-order chi connectivity index (χ1) is 12.2. The molecule has 0 radical (unpaired) electrons. The third kappa shape index (κ3) is 6.24. The number of nitrogens with two attached hydrogens (primary N) is 1. The van der Waals surface area contributed by atoms with E-state index in [9.17, 15) is 4.79 Å². The Balaban J connectivity index is 1.91. The number of aryl methyl sites for hydroxylation is 1. The molecule has 0 spiro atoms. The van der Waals surface area contributed by atoms with Crippen LogP contribution in [0.1, 0.15) is 24.5 Å². The number of hydrogen-bond donors (Lipinski definition) is 1. The Labute approximate surface area is 150 Å². The Morgan fingerprint density at radius 3 is 2.44 bits per heavy atom. The molecular weight excluding hydrogens is 312 g/mol. The molecule has 4 nitrogen and oxygen atoms in total. The zero-order valence-corrected chi connectivity index (χ0v) is 15.0. The molecule has 25 heavy (non-hydrogen) atoms. The maximum Gasteiger partial charge on any atom is 0.222 e. The molecule has 0 saturated heterocycles. The quantitative estimate of drug-likeness (QED) is 0.723. The maximum atomic E-state index is 12.6. The van der Waals surface area contributed by atoms with Crippen molar-refractivity contribution < 1.29 is 9.53 Å². The second-order valence-electron chi connectivity index (χ2n) is 5.95. The van der Waals surface area contributed by atoms with Crippen molar-refractivity contribution >= 4 is 5.91 Å². The third-order valence-electron chi connectivity index (χ3n) is 4.15. The van der Waals surface area contributed by atoms with E-state index in [4.69, 9.17) is 10.5 Å². The van der Waals surface area contributed by atoms with Gasteiger partial charge in [0.25, 0.3) is 0 Å². The van der Waals surface area contributed by atoms with Gasteiger partial charge in [-0.1, -0.05) is 48.5 Å². The van der Waals surface area contributed by atoms with Crippen molar-refractivity contribution in [2.45, 2.75) is 26.2 Å². The number of rotatable bonds is 10. The summed E-state index contributed by atoms with van der Waals surface area (Å²) in [5, 5.41) is 0. The van der Waals surface area contributed by atoms with Gasteiger partial charge in [0.15, 0.2) is 0 Å². The average Bonchev–Trinajstić information content (AvgIpc) is 2.65. The van der Waals surface area contributed by atoms with E-state index in [0.717, 1.165) is 17.7 Å². The molecule has 4 heteroatoms. The fourth-order valence-corrected chi connectivity index (χ4v) is 2.83. The van der Waals surface area contributed by atoms with E-state index in [0.29, 0.717) is 39.1 Å². The predicted octanol–water partition coefficient (Wildman–Crippen LogP) is 3.05. The highest BCUT2D eigenvalue weighted by molar-refractivity contribution is 5.76. The van der Waals surface area contributed by atoms with E-state index >= 15 is 0 Å². The van der Waals surface area contributed by atoms with Crippen LogP contribution in [0.4, 0.5) is 0 Å². The standard InChI is InChI=1S/C21H28N2O2/c1-2-25-20-11-7-6-10-19(20)12-13-21(24)23(17-15-22)16-14-18-8-4-3-5-9-18/h3-11H,2,12-17,22H2,1H3. The lowest BCUT2D eigenvalue weighted by molar-refractivity contribution is -0.131. The summed E-state index contributed by atoms with van der Waals surface area (Å²) in [5.74, 6) is 1.01. The molecule has 0 unspecified atom stereocenters. The van der Waals surface area contributed by atoms with Crippen LogP contribution in [0.25, 0.3) is 0 Å². The Kier molecular flexibility index (Phi) is 7.99. The summed E-state index contributed by atoms with van der Waals surface area (Å²) >= 11 is 0. The predicted molar refractivity (Wildman–Crippen MR) is 102 cm³/mol. The molecule has 2 aromatic rings. The van der Waals surface area contributed by atoms with Gasteiger partial charge in [-0.2, -0.15) is 0 Å². The molecule has 0 atom stereocenters. The van der Waals surface area contributed by atoms with Crippen molar-refractivity contribution in [3.05, 3.63) is 65.7 Å². The molecule has 0 aliphatic heterocycles. The summed E-state index contributed by atoms with van der Waals surface area (Å²) in [6, 6.07) is 18.1. The van der Waals surface area contributed by atoms with Crippen molar-refractivity contribution in [2.75, 3.05) is 26.2 Å². The van der Waals surface area contributed by atoms with E-state index in [2.05, 4.69) is 12.1 Å². The van der Waals surface area contributed by atoms with Crippen LogP contribution in [-0.2, 0) is 17.6 Å². The minimum absolute atomic E-state index is 0.146. The molecule has 0 aromatic heterocycles. The van der Waals surface area contributed by atoms with Gasteiger partial charge in [-0.3, -0.25) is 4.79 Å². The lowest BCUT2D eigenvalue weighted by Gasteiger charge is -2.22. The van der Waals surface area contributed by atoms with Crippen molar-refractivity contribution in [3.63, 3.8) is 0 Å². The van der Waals surface area contributed by atoms with Gasteiger partial charge < -0.3 is 15.4 Å². The van der Waals surface area contributed by atoms with Crippen molar-refractivity contribution in [3.8, 4) is 5.75 Å². The van der Waals surface area contributed by atoms with Gasteiger partial charge in [-0.05, 0) is 37.0 Å². The van der Waals surface area contributed by atoms with Crippen LogP contribution in [0.3, 0.4) is 0 Å². The van der Waals surface area contributed by atoms with Gasteiger partial charge in [0.2, 0.25) is 5.91 Å². The topological polar surface area (TPSA) is 55.6 Å². The molecule has 2 rings (SSSR count). The van der Waals surface area contributed by atoms with E-state index in [1.165, 1.54) is 5.56 Å². The van der Waals surface area contributed by atoms with E-state index in [1.54, 1.807) is 0 Å². The summed E-state index contributed by atoms with van der Waals surface area (Å²) < 4.78 is 5.64. The number of benzene rings is 2. The molecule has 1 amide bonds. The number of carbonyl (C=O) groups excluding carboxylic acids is 1. The van der Waals surface area contributed by atoms with Crippen LogP contribution in [0.15, 0.2) is 54.6 Å². The Morgan fingerprint density at radius 2 is 1.72 bits per heavy atom. The molecule has 0 bridgehead atoms. The van der Waals surface area contributed by atoms with E-state index in [1.807, 2.05) is 54.3 Å². The van der Waals surface area contributed by atoms with E-state index in [-0.39, 0.29) is 5.91 Å². The summed E-state index contributed by atoms with van der Waals surface area (Å²) in [5.41, 5.74) is 8.01. The van der Waals surface area contributed by atoms with Gasteiger partial charge in [0.05, 0.1) is 6.61 Å². The zero-order valence-electron chi connectivity index (χ0n) is 15.0. The summed E-state index contributed by atoms with van der Waals surface area (Å²) in [4.78, 5) is 14.5. The smallest absolute Gasteiger partial charge is 0.222 e. The normalized spacial score (nSPS) is 10.5. The Hall–Kier alpha value is -2.33. The van der Waals surface area contributed by atoms with Crippen molar-refractivity contribution in [1.29, 1.82) is 0 Å². The van der Waals surface area contributed by atoms with Gasteiger partial charge in [-0.15, -0.1) is 0 Å². The molecule has 0 fully saturated rings. The molecule has 0 aliphatic rings. The van der Waals surface area contributed by atoms with Crippen LogP contribution < -0.4 is 10.5 Å². The van der Waals surface area contributed by atoms with Gasteiger partial charge in [0, 0.05) is 26.1 Å². The third-order valence-corrected chi connectivity index (χ3v) is 4.15. The molecule has 0 saturated carbocycles. The Bertz CT molecular complexity index is 643.